The molecule has 0 radical (unpaired) electrons. The van der Waals surface area contributed by atoms with Crippen LogP contribution in [0.25, 0.3) is 93.7 Å². The molecular weight excluding hydrogens is 1110 g/mol. The Balaban J connectivity index is 0.00000564. The average Bonchev–Trinajstić information content (AvgIpc) is 4.40. The summed E-state index contributed by atoms with van der Waals surface area (Å²) in [6.07, 6.45) is 2.05. The molecule has 0 bridgehead atoms. The molecule has 15 rings (SSSR count). The van der Waals surface area contributed by atoms with Crippen LogP contribution in [0.3, 0.4) is 0 Å². The number of hydrogen-bond donors (Lipinski definition) is 0. The molecule has 0 aliphatic carbocycles. The van der Waals surface area contributed by atoms with E-state index < -0.39 is 6.85 Å². The molecule has 76 heavy (non-hydrogen) atoms. The number of pyridine rings is 1. The molecular formula is C68H45N6OPt-3. The van der Waals surface area contributed by atoms with Crippen molar-refractivity contribution in [3.05, 3.63) is 261 Å². The fourth-order valence-electron chi connectivity index (χ4n) is 11.5. The van der Waals surface area contributed by atoms with Crippen molar-refractivity contribution in [1.82, 2.24) is 18.7 Å². The van der Waals surface area contributed by atoms with E-state index in [0.717, 1.165) is 101 Å². The Morgan fingerprint density at radius 2 is 0.947 bits per heavy atom. The normalized spacial score (nSPS) is 13.1. The SMILES string of the molecule is [2H]C([2H])([2H])c1ccc(N2[CH-]N(c3[c-]c(Oc4[c-]c5c(cc4)c4ccccc4n5-c4cc(C)c(-c5c(-n6c7ccccc7c7ccccc76)cccc5-n5c6ccccc6c6ccccc65)cn4)ccc3)c3ccccc32)cc1.[Pt]. The second-order valence-electron chi connectivity index (χ2n) is 19.1. The molecule has 0 spiro atoms. The molecule has 0 saturated carbocycles. The number of hydrogen-bond acceptors (Lipinski definition) is 4. The molecule has 4 aromatic heterocycles. The molecule has 10 aromatic carbocycles. The van der Waals surface area contributed by atoms with Gasteiger partial charge in [-0.25, -0.2) is 4.98 Å². The first-order valence-electron chi connectivity index (χ1n) is 26.6. The van der Waals surface area contributed by atoms with E-state index in [9.17, 15) is 0 Å². The van der Waals surface area contributed by atoms with Crippen LogP contribution in [-0.2, 0) is 21.1 Å². The summed E-state index contributed by atoms with van der Waals surface area (Å²) in [5.41, 5.74) is 15.5. The minimum absolute atomic E-state index is 0. The zero-order chi connectivity index (χ0) is 52.2. The number of aromatic nitrogens is 4. The summed E-state index contributed by atoms with van der Waals surface area (Å²) >= 11 is 0. The van der Waals surface area contributed by atoms with Crippen LogP contribution in [0, 0.1) is 32.6 Å². The first-order chi connectivity index (χ1) is 38.2. The van der Waals surface area contributed by atoms with Crippen LogP contribution in [0.1, 0.15) is 15.2 Å². The summed E-state index contributed by atoms with van der Waals surface area (Å²) in [6.45, 7) is 2.01. The molecule has 0 amide bonds. The van der Waals surface area contributed by atoms with Gasteiger partial charge in [0.25, 0.3) is 0 Å². The number of fused-ring (bicyclic) bond motifs is 10. The smallest absolute Gasteiger partial charge is 0.135 e. The van der Waals surface area contributed by atoms with E-state index in [-0.39, 0.29) is 21.1 Å². The maximum atomic E-state index is 7.87. The fourth-order valence-corrected chi connectivity index (χ4v) is 11.5. The first-order valence-corrected chi connectivity index (χ1v) is 25.1. The zero-order valence-corrected chi connectivity index (χ0v) is 43.2. The van der Waals surface area contributed by atoms with E-state index in [1.807, 2.05) is 61.3 Å². The topological polar surface area (TPSA) is 43.4 Å². The van der Waals surface area contributed by atoms with Crippen LogP contribution in [0.2, 0.25) is 0 Å². The Morgan fingerprint density at radius 3 is 1.51 bits per heavy atom. The van der Waals surface area contributed by atoms with Gasteiger partial charge >= 0.3 is 0 Å². The number of ether oxygens (including phenoxy) is 1. The van der Waals surface area contributed by atoms with Gasteiger partial charge in [-0.3, -0.25) is 0 Å². The molecule has 0 atom stereocenters. The van der Waals surface area contributed by atoms with Crippen LogP contribution in [0.4, 0.5) is 22.7 Å². The zero-order valence-electron chi connectivity index (χ0n) is 43.9. The number of nitrogens with zero attached hydrogens (tertiary/aromatic N) is 6. The van der Waals surface area contributed by atoms with Crippen LogP contribution in [0.5, 0.6) is 11.5 Å². The fraction of sp³-hybridized carbons (Fsp3) is 0.0294. The van der Waals surface area contributed by atoms with Gasteiger partial charge in [0.2, 0.25) is 0 Å². The molecule has 0 saturated heterocycles. The molecule has 0 N–H and O–H groups in total. The van der Waals surface area contributed by atoms with Gasteiger partial charge in [-0.15, -0.1) is 48.1 Å². The second-order valence-corrected chi connectivity index (χ2v) is 19.1. The molecule has 7 nitrogen and oxygen atoms in total. The predicted molar refractivity (Wildman–Crippen MR) is 308 cm³/mol. The van der Waals surface area contributed by atoms with E-state index in [0.29, 0.717) is 17.1 Å². The van der Waals surface area contributed by atoms with Gasteiger partial charge in [0.15, 0.2) is 0 Å². The van der Waals surface area contributed by atoms with Crippen molar-refractivity contribution >= 4 is 88.2 Å². The predicted octanol–water partition coefficient (Wildman–Crippen LogP) is 17.5. The van der Waals surface area contributed by atoms with E-state index in [4.69, 9.17) is 13.8 Å². The average molecular weight is 1160 g/mol. The van der Waals surface area contributed by atoms with Gasteiger partial charge in [0.05, 0.1) is 33.4 Å². The largest absolute Gasteiger partial charge is 0.509 e. The number of benzene rings is 10. The molecule has 366 valence electrons. The van der Waals surface area contributed by atoms with Crippen LogP contribution < -0.4 is 14.5 Å². The third-order valence-corrected chi connectivity index (χ3v) is 14.8. The van der Waals surface area contributed by atoms with Gasteiger partial charge in [-0.1, -0.05) is 132 Å². The quantitative estimate of drug-likeness (QED) is 0.142. The summed E-state index contributed by atoms with van der Waals surface area (Å²) in [5, 5.41) is 6.90. The van der Waals surface area contributed by atoms with Crippen LogP contribution in [0.15, 0.2) is 231 Å². The number of para-hydroxylation sites is 7. The minimum Gasteiger partial charge on any atom is -0.509 e. The van der Waals surface area contributed by atoms with Crippen molar-refractivity contribution in [2.24, 2.45) is 0 Å². The summed E-state index contributed by atoms with van der Waals surface area (Å²) in [4.78, 5) is 9.54. The van der Waals surface area contributed by atoms with Gasteiger partial charge < -0.3 is 28.2 Å². The van der Waals surface area contributed by atoms with Crippen molar-refractivity contribution in [2.45, 2.75) is 13.8 Å². The van der Waals surface area contributed by atoms with Crippen LogP contribution >= 0.6 is 0 Å². The van der Waals surface area contributed by atoms with Crippen molar-refractivity contribution in [3.63, 3.8) is 0 Å². The van der Waals surface area contributed by atoms with Gasteiger partial charge in [0.1, 0.15) is 5.82 Å². The second kappa shape index (κ2) is 18.0. The molecule has 8 heteroatoms. The van der Waals surface area contributed by atoms with Gasteiger partial charge in [-0.05, 0) is 97.5 Å². The Kier molecular flexibility index (Phi) is 10.0. The Morgan fingerprint density at radius 1 is 0.461 bits per heavy atom. The maximum Gasteiger partial charge on any atom is 0.135 e. The number of anilines is 4. The Hall–Kier alpha value is -9.16. The van der Waals surface area contributed by atoms with Crippen molar-refractivity contribution in [1.29, 1.82) is 0 Å². The van der Waals surface area contributed by atoms with Gasteiger partial charge in [-0.2, -0.15) is 12.1 Å². The maximum absolute atomic E-state index is 7.87. The van der Waals surface area contributed by atoms with Crippen molar-refractivity contribution < 1.29 is 29.9 Å². The molecule has 1 aliphatic heterocycles. The third kappa shape index (κ3) is 7.11. The van der Waals surface area contributed by atoms with Crippen molar-refractivity contribution in [3.8, 4) is 39.8 Å². The standard InChI is InChI=1S/C68H45N6O.Pt/c1-44-33-35-46(36-34-44)70-43-71(63-30-14-13-29-62(63)70)47-17-15-18-48(40-47)75-49-37-38-55-54-23-7-12-28-61(54)74(66(55)41-49)67-39-45(2)56(42-69-67)68-64(72-57-24-8-3-19-50(57)51-20-4-9-25-58(51)72)31-16-32-65(68)73-59-26-10-5-21-52(59)53-22-6-11-27-60(53)73;/h3-39,42-43H,1-2H3;/q-3;/i1D3;. The van der Waals surface area contributed by atoms with E-state index >= 15 is 0 Å². The van der Waals surface area contributed by atoms with E-state index in [1.54, 1.807) is 12.1 Å². The summed E-state index contributed by atoms with van der Waals surface area (Å²) in [5.74, 6) is 1.82. The van der Waals surface area contributed by atoms with E-state index in [1.165, 1.54) is 21.5 Å². The molecule has 0 unspecified atom stereocenters. The minimum atomic E-state index is -2.18. The number of rotatable bonds is 8. The Labute approximate surface area is 458 Å². The van der Waals surface area contributed by atoms with Crippen LogP contribution in [-0.4, -0.2) is 18.7 Å². The number of aryl methyl sites for hydroxylation is 2. The first kappa shape index (κ1) is 42.2. The Bertz CT molecular complexity index is 4490. The van der Waals surface area contributed by atoms with E-state index in [2.05, 4.69) is 206 Å². The van der Waals surface area contributed by atoms with Gasteiger partial charge in [0, 0.05) is 98.1 Å². The molecule has 1 aliphatic rings. The third-order valence-electron chi connectivity index (χ3n) is 14.8. The summed E-state index contributed by atoms with van der Waals surface area (Å²) in [6, 6.07) is 84.3. The van der Waals surface area contributed by atoms with Crippen molar-refractivity contribution in [2.75, 3.05) is 9.80 Å². The molecule has 0 fully saturated rings. The summed E-state index contributed by atoms with van der Waals surface area (Å²) < 4.78 is 37.3. The summed E-state index contributed by atoms with van der Waals surface area (Å²) in [7, 11) is 0. The molecule has 14 aromatic rings. The monoisotopic (exact) mass is 1160 g/mol. The molecule has 5 heterocycles.